The molecule has 88 valence electrons. The highest BCUT2D eigenvalue weighted by Gasteiger charge is 2.05. The topological polar surface area (TPSA) is 35.0 Å². The van der Waals surface area contributed by atoms with Gasteiger partial charge < -0.3 is 4.74 Å². The van der Waals surface area contributed by atoms with Crippen LogP contribution in [0.25, 0.3) is 0 Å². The molecule has 3 nitrogen and oxygen atoms in total. The first-order valence-corrected chi connectivity index (χ1v) is 5.65. The summed E-state index contributed by atoms with van der Waals surface area (Å²) in [7, 11) is 0. The minimum atomic E-state index is 0.462. The Hall–Kier alpha value is -1.90. The molecule has 0 aliphatic carbocycles. The fourth-order valence-corrected chi connectivity index (χ4v) is 1.57. The normalized spacial score (nSPS) is 10.3. The summed E-state index contributed by atoms with van der Waals surface area (Å²) in [6.45, 7) is 6.36. The third kappa shape index (κ3) is 2.81. The number of para-hydroxylation sites is 1. The standard InChI is InChI=1S/C14H16N2O/c1-10-11(2)16-14(12(3)15-10)9-17-13-7-5-4-6-8-13/h4-8H,9H2,1-3H3. The number of hydrogen-bond acceptors (Lipinski definition) is 3. The van der Waals surface area contributed by atoms with Crippen LogP contribution in [0.1, 0.15) is 22.8 Å². The van der Waals surface area contributed by atoms with Crippen molar-refractivity contribution in [2.24, 2.45) is 0 Å². The molecule has 3 heteroatoms. The van der Waals surface area contributed by atoms with Crippen LogP contribution in [-0.4, -0.2) is 9.97 Å². The van der Waals surface area contributed by atoms with Crippen LogP contribution in [0, 0.1) is 20.8 Å². The number of ether oxygens (including phenoxy) is 1. The van der Waals surface area contributed by atoms with Crippen molar-refractivity contribution in [3.8, 4) is 5.75 Å². The van der Waals surface area contributed by atoms with Crippen molar-refractivity contribution in [2.45, 2.75) is 27.4 Å². The van der Waals surface area contributed by atoms with Crippen molar-refractivity contribution in [3.63, 3.8) is 0 Å². The summed E-state index contributed by atoms with van der Waals surface area (Å²) in [5.41, 5.74) is 3.77. The molecule has 2 rings (SSSR count). The quantitative estimate of drug-likeness (QED) is 0.810. The lowest BCUT2D eigenvalue weighted by Gasteiger charge is -2.09. The number of hydrogen-bond donors (Lipinski definition) is 0. The van der Waals surface area contributed by atoms with E-state index in [0.29, 0.717) is 6.61 Å². The molecule has 0 N–H and O–H groups in total. The van der Waals surface area contributed by atoms with Crippen LogP contribution in [0.4, 0.5) is 0 Å². The van der Waals surface area contributed by atoms with Crippen LogP contribution < -0.4 is 4.74 Å². The van der Waals surface area contributed by atoms with Gasteiger partial charge in [-0.2, -0.15) is 0 Å². The molecule has 0 fully saturated rings. The molecule has 1 heterocycles. The highest BCUT2D eigenvalue weighted by atomic mass is 16.5. The van der Waals surface area contributed by atoms with E-state index in [1.165, 1.54) is 0 Å². The van der Waals surface area contributed by atoms with E-state index in [0.717, 1.165) is 28.5 Å². The molecule has 1 aromatic carbocycles. The van der Waals surface area contributed by atoms with Crippen molar-refractivity contribution >= 4 is 0 Å². The van der Waals surface area contributed by atoms with E-state index >= 15 is 0 Å². The lowest BCUT2D eigenvalue weighted by Crippen LogP contribution is -2.06. The highest BCUT2D eigenvalue weighted by molar-refractivity contribution is 5.22. The zero-order valence-electron chi connectivity index (χ0n) is 10.4. The molecule has 0 saturated heterocycles. The maximum Gasteiger partial charge on any atom is 0.132 e. The van der Waals surface area contributed by atoms with Gasteiger partial charge in [0, 0.05) is 0 Å². The largest absolute Gasteiger partial charge is 0.487 e. The molecule has 0 spiro atoms. The minimum Gasteiger partial charge on any atom is -0.487 e. The van der Waals surface area contributed by atoms with Crippen LogP contribution in [0.3, 0.4) is 0 Å². The molecular weight excluding hydrogens is 212 g/mol. The maximum atomic E-state index is 5.67. The molecule has 0 aliphatic rings. The van der Waals surface area contributed by atoms with Gasteiger partial charge in [-0.3, -0.25) is 9.97 Å². The van der Waals surface area contributed by atoms with Crippen LogP contribution in [-0.2, 0) is 6.61 Å². The Kier molecular flexibility index (Phi) is 3.38. The average molecular weight is 228 g/mol. The Bertz CT molecular complexity index is 509. The summed E-state index contributed by atoms with van der Waals surface area (Å²) in [5.74, 6) is 0.854. The summed E-state index contributed by atoms with van der Waals surface area (Å²) in [6.07, 6.45) is 0. The van der Waals surface area contributed by atoms with Gasteiger partial charge in [-0.05, 0) is 32.9 Å². The Labute approximate surface area is 102 Å². The van der Waals surface area contributed by atoms with Crippen LogP contribution in [0.15, 0.2) is 30.3 Å². The Balaban J connectivity index is 2.12. The highest BCUT2D eigenvalue weighted by Crippen LogP contribution is 2.13. The molecular formula is C14H16N2O. The Morgan fingerprint density at radius 2 is 1.53 bits per heavy atom. The minimum absolute atomic E-state index is 0.462. The third-order valence-corrected chi connectivity index (χ3v) is 2.70. The molecule has 0 amide bonds. The second-order valence-electron chi connectivity index (χ2n) is 4.03. The molecule has 0 unspecified atom stereocenters. The first kappa shape index (κ1) is 11.6. The molecule has 0 bridgehead atoms. The summed E-state index contributed by atoms with van der Waals surface area (Å²) in [5, 5.41) is 0. The SMILES string of the molecule is Cc1nc(C)c(COc2ccccc2)nc1C. The maximum absolute atomic E-state index is 5.67. The number of benzene rings is 1. The van der Waals surface area contributed by atoms with Gasteiger partial charge in [-0.25, -0.2) is 0 Å². The van der Waals surface area contributed by atoms with E-state index in [9.17, 15) is 0 Å². The average Bonchev–Trinajstić information content (AvgIpc) is 2.33. The lowest BCUT2D eigenvalue weighted by molar-refractivity contribution is 0.299. The van der Waals surface area contributed by atoms with E-state index in [1.807, 2.05) is 51.1 Å². The third-order valence-electron chi connectivity index (χ3n) is 2.70. The van der Waals surface area contributed by atoms with E-state index in [2.05, 4.69) is 9.97 Å². The molecule has 0 saturated carbocycles. The number of aryl methyl sites for hydroxylation is 3. The van der Waals surface area contributed by atoms with Crippen molar-refractivity contribution in [1.29, 1.82) is 0 Å². The van der Waals surface area contributed by atoms with Crippen molar-refractivity contribution in [2.75, 3.05) is 0 Å². The fraction of sp³-hybridized carbons (Fsp3) is 0.286. The summed E-state index contributed by atoms with van der Waals surface area (Å²) in [4.78, 5) is 8.94. The zero-order valence-corrected chi connectivity index (χ0v) is 10.4. The number of aromatic nitrogens is 2. The molecule has 0 radical (unpaired) electrons. The van der Waals surface area contributed by atoms with Crippen molar-refractivity contribution < 1.29 is 4.74 Å². The molecule has 2 aromatic rings. The number of rotatable bonds is 3. The van der Waals surface area contributed by atoms with Gasteiger partial charge in [0.25, 0.3) is 0 Å². The first-order chi connectivity index (χ1) is 8.16. The van der Waals surface area contributed by atoms with Gasteiger partial charge in [-0.15, -0.1) is 0 Å². The Morgan fingerprint density at radius 3 is 2.24 bits per heavy atom. The van der Waals surface area contributed by atoms with Gasteiger partial charge in [-0.1, -0.05) is 18.2 Å². The summed E-state index contributed by atoms with van der Waals surface area (Å²) in [6, 6.07) is 9.74. The summed E-state index contributed by atoms with van der Waals surface area (Å²) < 4.78 is 5.67. The second kappa shape index (κ2) is 4.95. The van der Waals surface area contributed by atoms with Gasteiger partial charge in [0.05, 0.1) is 22.8 Å². The van der Waals surface area contributed by atoms with Crippen LogP contribution in [0.2, 0.25) is 0 Å². The fourth-order valence-electron chi connectivity index (χ4n) is 1.57. The predicted molar refractivity (Wildman–Crippen MR) is 67.0 cm³/mol. The molecule has 0 aliphatic heterocycles. The van der Waals surface area contributed by atoms with Gasteiger partial charge in [0.2, 0.25) is 0 Å². The van der Waals surface area contributed by atoms with Crippen molar-refractivity contribution in [1.82, 2.24) is 9.97 Å². The van der Waals surface area contributed by atoms with Gasteiger partial charge in [0.1, 0.15) is 12.4 Å². The number of nitrogens with zero attached hydrogens (tertiary/aromatic N) is 2. The molecule has 17 heavy (non-hydrogen) atoms. The Morgan fingerprint density at radius 1 is 0.882 bits per heavy atom. The van der Waals surface area contributed by atoms with Crippen molar-refractivity contribution in [3.05, 3.63) is 53.1 Å². The van der Waals surface area contributed by atoms with Gasteiger partial charge in [0.15, 0.2) is 0 Å². The summed E-state index contributed by atoms with van der Waals surface area (Å²) >= 11 is 0. The van der Waals surface area contributed by atoms with E-state index in [4.69, 9.17) is 4.74 Å². The zero-order chi connectivity index (χ0) is 12.3. The van der Waals surface area contributed by atoms with E-state index in [1.54, 1.807) is 0 Å². The monoisotopic (exact) mass is 228 g/mol. The smallest absolute Gasteiger partial charge is 0.132 e. The predicted octanol–water partition coefficient (Wildman–Crippen LogP) is 2.98. The first-order valence-electron chi connectivity index (χ1n) is 5.65. The second-order valence-corrected chi connectivity index (χ2v) is 4.03. The van der Waals surface area contributed by atoms with Crippen LogP contribution in [0.5, 0.6) is 5.75 Å². The molecule has 1 aromatic heterocycles. The lowest BCUT2D eigenvalue weighted by atomic mass is 10.2. The van der Waals surface area contributed by atoms with E-state index in [-0.39, 0.29) is 0 Å². The molecule has 0 atom stereocenters. The van der Waals surface area contributed by atoms with E-state index < -0.39 is 0 Å². The van der Waals surface area contributed by atoms with Crippen LogP contribution >= 0.6 is 0 Å². The van der Waals surface area contributed by atoms with Gasteiger partial charge >= 0.3 is 0 Å².